The summed E-state index contributed by atoms with van der Waals surface area (Å²) in [5.74, 6) is 0. The third-order valence-electron chi connectivity index (χ3n) is 0.757. The number of hydrogen-bond acceptors (Lipinski definition) is 3. The molecule has 0 bridgehead atoms. The minimum absolute atomic E-state index is 0.255. The smallest absolute Gasteiger partial charge is 0.176 e. The predicted octanol–water partition coefficient (Wildman–Crippen LogP) is 0.482. The molecule has 0 aliphatic rings. The van der Waals surface area contributed by atoms with Crippen LogP contribution in [-0.4, -0.2) is 19.3 Å². The summed E-state index contributed by atoms with van der Waals surface area (Å²) < 4.78 is 5.13. The van der Waals surface area contributed by atoms with Gasteiger partial charge in [0.1, 0.15) is 0 Å². The molecule has 3 heteroatoms. The monoisotopic (exact) mass is 128 g/mol. The lowest BCUT2D eigenvalue weighted by atomic mass is 10.5. The van der Waals surface area contributed by atoms with E-state index in [1.165, 1.54) is 0 Å². The number of nitrogens with zero attached hydrogens (tertiary/aromatic N) is 1. The second-order valence-corrected chi connectivity index (χ2v) is 1.96. The van der Waals surface area contributed by atoms with E-state index in [2.05, 4.69) is 5.32 Å². The summed E-state index contributed by atoms with van der Waals surface area (Å²) in [4.78, 5) is 0. The highest BCUT2D eigenvalue weighted by Gasteiger charge is 1.89. The van der Waals surface area contributed by atoms with Crippen molar-refractivity contribution >= 4 is 0 Å². The van der Waals surface area contributed by atoms with Gasteiger partial charge < -0.3 is 10.1 Å². The van der Waals surface area contributed by atoms with E-state index in [0.29, 0.717) is 13.2 Å². The van der Waals surface area contributed by atoms with Gasteiger partial charge in [-0.1, -0.05) is 0 Å². The molecule has 0 aromatic heterocycles. The van der Waals surface area contributed by atoms with Crippen LogP contribution in [0.5, 0.6) is 0 Å². The number of rotatable bonds is 4. The number of ether oxygens (including phenoxy) is 1. The average molecular weight is 128 g/mol. The molecular formula is C6H12N2O. The Balaban J connectivity index is 2.85. The van der Waals surface area contributed by atoms with Crippen molar-refractivity contribution in [3.8, 4) is 6.19 Å². The second-order valence-electron chi connectivity index (χ2n) is 1.96. The molecule has 0 aliphatic heterocycles. The molecule has 1 N–H and O–H groups in total. The van der Waals surface area contributed by atoms with E-state index in [9.17, 15) is 0 Å². The fraction of sp³-hybridized carbons (Fsp3) is 0.833. The molecule has 0 aliphatic carbocycles. The van der Waals surface area contributed by atoms with E-state index >= 15 is 0 Å². The molecule has 0 aromatic rings. The van der Waals surface area contributed by atoms with Gasteiger partial charge in [0, 0.05) is 6.54 Å². The van der Waals surface area contributed by atoms with Crippen LogP contribution in [0, 0.1) is 11.5 Å². The van der Waals surface area contributed by atoms with Crippen LogP contribution in [0.1, 0.15) is 13.8 Å². The lowest BCUT2D eigenvalue weighted by molar-refractivity contribution is 0.0827. The Bertz CT molecular complexity index is 95.7. The number of nitriles is 1. The summed E-state index contributed by atoms with van der Waals surface area (Å²) in [6, 6.07) is 0. The van der Waals surface area contributed by atoms with E-state index in [1.54, 1.807) is 0 Å². The maximum absolute atomic E-state index is 8.01. The van der Waals surface area contributed by atoms with Crippen molar-refractivity contribution in [2.24, 2.45) is 0 Å². The van der Waals surface area contributed by atoms with E-state index in [1.807, 2.05) is 20.0 Å². The molecule has 0 rings (SSSR count). The van der Waals surface area contributed by atoms with Crippen molar-refractivity contribution in [3.05, 3.63) is 0 Å². The standard InChI is InChI=1S/C6H12N2O/c1-6(2)9-4-3-8-5-7/h6,8H,3-4H2,1-2H3. The van der Waals surface area contributed by atoms with Crippen LogP contribution in [-0.2, 0) is 4.74 Å². The number of nitrogens with one attached hydrogen (secondary N) is 1. The van der Waals surface area contributed by atoms with Gasteiger partial charge in [0.05, 0.1) is 12.7 Å². The minimum atomic E-state index is 0.255. The molecule has 0 radical (unpaired) electrons. The summed E-state index contributed by atoms with van der Waals surface area (Å²) in [7, 11) is 0. The predicted molar refractivity (Wildman–Crippen MR) is 34.7 cm³/mol. The van der Waals surface area contributed by atoms with E-state index in [-0.39, 0.29) is 6.10 Å². The second kappa shape index (κ2) is 5.39. The van der Waals surface area contributed by atoms with Gasteiger partial charge in [-0.3, -0.25) is 0 Å². The Morgan fingerprint density at radius 1 is 1.67 bits per heavy atom. The fourth-order valence-electron chi connectivity index (χ4n) is 0.402. The molecule has 3 nitrogen and oxygen atoms in total. The van der Waals surface area contributed by atoms with E-state index < -0.39 is 0 Å². The largest absolute Gasteiger partial charge is 0.377 e. The zero-order chi connectivity index (χ0) is 7.11. The maximum Gasteiger partial charge on any atom is 0.176 e. The SMILES string of the molecule is CC(C)OCCNC#N. The Labute approximate surface area is 55.6 Å². The lowest BCUT2D eigenvalue weighted by Crippen LogP contribution is -2.16. The average Bonchev–Trinajstić information content (AvgIpc) is 1.80. The van der Waals surface area contributed by atoms with Gasteiger partial charge in [-0.15, -0.1) is 0 Å². The molecule has 0 spiro atoms. The first-order valence-corrected chi connectivity index (χ1v) is 3.01. The maximum atomic E-state index is 8.01. The third kappa shape index (κ3) is 7.25. The van der Waals surface area contributed by atoms with Gasteiger partial charge in [-0.25, -0.2) is 0 Å². The fourth-order valence-corrected chi connectivity index (χ4v) is 0.402. The first-order chi connectivity index (χ1) is 4.27. The molecule has 0 atom stereocenters. The molecule has 0 fully saturated rings. The van der Waals surface area contributed by atoms with Crippen LogP contribution in [0.4, 0.5) is 0 Å². The summed E-state index contributed by atoms with van der Waals surface area (Å²) in [6.07, 6.45) is 2.07. The molecule has 0 saturated heterocycles. The zero-order valence-corrected chi connectivity index (χ0v) is 5.85. The number of hydrogen-bond donors (Lipinski definition) is 1. The molecular weight excluding hydrogens is 116 g/mol. The highest BCUT2D eigenvalue weighted by atomic mass is 16.5. The molecule has 52 valence electrons. The molecule has 0 amide bonds. The van der Waals surface area contributed by atoms with Crippen molar-refractivity contribution in [3.63, 3.8) is 0 Å². The Kier molecular flexibility index (Phi) is 4.94. The van der Waals surface area contributed by atoms with Crippen molar-refractivity contribution in [2.75, 3.05) is 13.2 Å². The Morgan fingerprint density at radius 2 is 2.33 bits per heavy atom. The van der Waals surface area contributed by atoms with Crippen LogP contribution in [0.3, 0.4) is 0 Å². The zero-order valence-electron chi connectivity index (χ0n) is 5.85. The normalized spacial score (nSPS) is 9.11. The van der Waals surface area contributed by atoms with Gasteiger partial charge in [-0.2, -0.15) is 5.26 Å². The quantitative estimate of drug-likeness (QED) is 0.340. The van der Waals surface area contributed by atoms with Crippen LogP contribution in [0.25, 0.3) is 0 Å². The Hall–Kier alpha value is -0.750. The molecule has 0 heterocycles. The first kappa shape index (κ1) is 8.25. The van der Waals surface area contributed by atoms with Gasteiger partial charge in [-0.05, 0) is 13.8 Å². The van der Waals surface area contributed by atoms with Crippen LogP contribution < -0.4 is 5.32 Å². The van der Waals surface area contributed by atoms with Crippen molar-refractivity contribution < 1.29 is 4.74 Å². The molecule has 0 saturated carbocycles. The van der Waals surface area contributed by atoms with Gasteiger partial charge >= 0.3 is 0 Å². The van der Waals surface area contributed by atoms with Crippen molar-refractivity contribution in [1.82, 2.24) is 5.32 Å². The summed E-state index contributed by atoms with van der Waals surface area (Å²) >= 11 is 0. The van der Waals surface area contributed by atoms with Gasteiger partial charge in [0.15, 0.2) is 6.19 Å². The summed E-state index contributed by atoms with van der Waals surface area (Å²) in [5, 5.41) is 10.5. The summed E-state index contributed by atoms with van der Waals surface area (Å²) in [5.41, 5.74) is 0. The minimum Gasteiger partial charge on any atom is -0.377 e. The highest BCUT2D eigenvalue weighted by molar-refractivity contribution is 4.63. The Morgan fingerprint density at radius 3 is 2.78 bits per heavy atom. The van der Waals surface area contributed by atoms with E-state index in [4.69, 9.17) is 10.00 Å². The molecule has 9 heavy (non-hydrogen) atoms. The highest BCUT2D eigenvalue weighted by Crippen LogP contribution is 1.84. The third-order valence-corrected chi connectivity index (χ3v) is 0.757. The lowest BCUT2D eigenvalue weighted by Gasteiger charge is -2.04. The van der Waals surface area contributed by atoms with Crippen LogP contribution in [0.15, 0.2) is 0 Å². The first-order valence-electron chi connectivity index (χ1n) is 3.01. The summed E-state index contributed by atoms with van der Waals surface area (Å²) in [6.45, 7) is 5.14. The molecule has 0 aromatic carbocycles. The van der Waals surface area contributed by atoms with E-state index in [0.717, 1.165) is 0 Å². The van der Waals surface area contributed by atoms with Gasteiger partial charge in [0.25, 0.3) is 0 Å². The molecule has 0 unspecified atom stereocenters. The van der Waals surface area contributed by atoms with Crippen molar-refractivity contribution in [2.45, 2.75) is 20.0 Å². The topological polar surface area (TPSA) is 45.0 Å². The van der Waals surface area contributed by atoms with Crippen molar-refractivity contribution in [1.29, 1.82) is 5.26 Å². The van der Waals surface area contributed by atoms with Gasteiger partial charge in [0.2, 0.25) is 0 Å². The van der Waals surface area contributed by atoms with Crippen LogP contribution >= 0.6 is 0 Å². The van der Waals surface area contributed by atoms with Crippen LogP contribution in [0.2, 0.25) is 0 Å².